The van der Waals surface area contributed by atoms with Gasteiger partial charge >= 0.3 is 0 Å². The summed E-state index contributed by atoms with van der Waals surface area (Å²) in [7, 11) is 3.71. The first-order valence-corrected chi connectivity index (χ1v) is 9.92. The van der Waals surface area contributed by atoms with Gasteiger partial charge in [0.25, 0.3) is 11.7 Å². The number of carbonyl (C=O) groups is 2. The summed E-state index contributed by atoms with van der Waals surface area (Å²) in [5.74, 6) is -2.32. The lowest BCUT2D eigenvalue weighted by Gasteiger charge is -2.26. The van der Waals surface area contributed by atoms with Gasteiger partial charge in [-0.2, -0.15) is 0 Å². The van der Waals surface area contributed by atoms with Crippen molar-refractivity contribution in [2.45, 2.75) is 13.0 Å². The van der Waals surface area contributed by atoms with Gasteiger partial charge in [-0.25, -0.2) is 9.37 Å². The number of likely N-dealkylation sites (tertiary alicyclic amines) is 1. The summed E-state index contributed by atoms with van der Waals surface area (Å²) in [5, 5.41) is 11.3. The summed E-state index contributed by atoms with van der Waals surface area (Å²) in [6.07, 6.45) is 1.73. The van der Waals surface area contributed by atoms with E-state index >= 15 is 0 Å². The van der Waals surface area contributed by atoms with Crippen LogP contribution < -0.4 is 0 Å². The fourth-order valence-corrected chi connectivity index (χ4v) is 3.97. The van der Waals surface area contributed by atoms with Crippen molar-refractivity contribution >= 4 is 23.1 Å². The second-order valence-electron chi connectivity index (χ2n) is 7.83. The highest BCUT2D eigenvalue weighted by Crippen LogP contribution is 2.40. The number of aryl methyl sites for hydroxylation is 1. The van der Waals surface area contributed by atoms with E-state index in [1.807, 2.05) is 25.1 Å². The van der Waals surface area contributed by atoms with E-state index in [-0.39, 0.29) is 17.9 Å². The van der Waals surface area contributed by atoms with Gasteiger partial charge in [-0.15, -0.1) is 0 Å². The second kappa shape index (κ2) is 7.96. The quantitative estimate of drug-likeness (QED) is 0.389. The Morgan fingerprint density at radius 1 is 1.19 bits per heavy atom. The summed E-state index contributed by atoms with van der Waals surface area (Å²) < 4.78 is 15.7. The van der Waals surface area contributed by atoms with Gasteiger partial charge in [0.2, 0.25) is 0 Å². The van der Waals surface area contributed by atoms with E-state index in [0.29, 0.717) is 29.1 Å². The van der Waals surface area contributed by atoms with Gasteiger partial charge in [0.1, 0.15) is 17.2 Å². The average Bonchev–Trinajstić information content (AvgIpc) is 3.19. The Morgan fingerprint density at radius 3 is 2.68 bits per heavy atom. The van der Waals surface area contributed by atoms with Crippen molar-refractivity contribution < 1.29 is 19.1 Å². The number of benzene rings is 1. The van der Waals surface area contributed by atoms with Gasteiger partial charge in [0.05, 0.1) is 17.3 Å². The Kier molecular flexibility index (Phi) is 5.32. The average molecular weight is 422 g/mol. The van der Waals surface area contributed by atoms with Gasteiger partial charge < -0.3 is 14.9 Å². The van der Waals surface area contributed by atoms with Crippen molar-refractivity contribution in [3.05, 3.63) is 77.0 Å². The lowest BCUT2D eigenvalue weighted by atomic mass is 9.96. The van der Waals surface area contributed by atoms with Crippen molar-refractivity contribution in [3.63, 3.8) is 0 Å². The van der Waals surface area contributed by atoms with Crippen molar-refractivity contribution in [2.24, 2.45) is 0 Å². The molecule has 4 rings (SSSR count). The number of likely N-dealkylation sites (N-methyl/N-ethyl adjacent to an activating group) is 1. The van der Waals surface area contributed by atoms with Crippen LogP contribution in [0.1, 0.15) is 23.0 Å². The Balaban J connectivity index is 1.93. The minimum Gasteiger partial charge on any atom is -0.505 e. The molecule has 0 aliphatic carbocycles. The molecule has 8 heteroatoms. The van der Waals surface area contributed by atoms with E-state index < -0.39 is 23.5 Å². The number of fused-ring (bicyclic) bond motifs is 1. The molecule has 0 bridgehead atoms. The van der Waals surface area contributed by atoms with Crippen LogP contribution in [0.5, 0.6) is 0 Å². The lowest BCUT2D eigenvalue weighted by molar-refractivity contribution is -0.140. The predicted molar refractivity (Wildman–Crippen MR) is 114 cm³/mol. The largest absolute Gasteiger partial charge is 0.505 e. The molecule has 0 saturated carbocycles. The van der Waals surface area contributed by atoms with Gasteiger partial charge in [-0.3, -0.25) is 14.0 Å². The maximum absolute atomic E-state index is 14.0. The van der Waals surface area contributed by atoms with E-state index in [9.17, 15) is 19.1 Å². The van der Waals surface area contributed by atoms with E-state index in [0.717, 1.165) is 0 Å². The maximum Gasteiger partial charge on any atom is 0.295 e. The fraction of sp³-hybridized carbons (Fsp3) is 0.261. The number of imidazole rings is 1. The highest BCUT2D eigenvalue weighted by Gasteiger charge is 2.46. The Hall–Kier alpha value is -3.52. The smallest absolute Gasteiger partial charge is 0.295 e. The number of ketones is 1. The molecule has 0 unspecified atom stereocenters. The zero-order chi connectivity index (χ0) is 22.3. The molecule has 0 spiro atoms. The number of rotatable bonds is 5. The Labute approximate surface area is 179 Å². The molecule has 31 heavy (non-hydrogen) atoms. The van der Waals surface area contributed by atoms with Crippen molar-refractivity contribution in [3.8, 4) is 0 Å². The van der Waals surface area contributed by atoms with Crippen LogP contribution in [0, 0.1) is 12.7 Å². The number of amides is 1. The van der Waals surface area contributed by atoms with Crippen molar-refractivity contribution in [2.75, 3.05) is 27.2 Å². The number of carbonyl (C=O) groups excluding carboxylic acids is 2. The summed E-state index contributed by atoms with van der Waals surface area (Å²) in [5.41, 5.74) is 1.81. The standard InChI is InChI=1S/C23H23FN4O3/c1-14-19(27-10-5-4-9-17(27)25-14)21(29)18-20(15-7-6-8-16(24)13-15)28(12-11-26(2)3)23(31)22(18)30/h4-10,13,20,29H,11-12H2,1-3H3/b21-18+/t20-/m1/s1. The second-order valence-corrected chi connectivity index (χ2v) is 7.83. The van der Waals surface area contributed by atoms with Crippen LogP contribution in [-0.4, -0.2) is 63.2 Å². The molecule has 1 atom stereocenters. The van der Waals surface area contributed by atoms with Crippen LogP contribution in [0.25, 0.3) is 11.4 Å². The number of hydrogen-bond acceptors (Lipinski definition) is 5. The molecule has 1 aliphatic rings. The van der Waals surface area contributed by atoms with Gasteiger partial charge in [-0.05, 0) is 50.8 Å². The van der Waals surface area contributed by atoms with E-state index in [4.69, 9.17) is 0 Å². The maximum atomic E-state index is 14.0. The highest BCUT2D eigenvalue weighted by atomic mass is 19.1. The van der Waals surface area contributed by atoms with Gasteiger partial charge in [0, 0.05) is 19.3 Å². The molecule has 3 heterocycles. The molecule has 1 aliphatic heterocycles. The normalized spacial score (nSPS) is 18.5. The van der Waals surface area contributed by atoms with Crippen LogP contribution >= 0.6 is 0 Å². The van der Waals surface area contributed by atoms with Crippen molar-refractivity contribution in [1.82, 2.24) is 19.2 Å². The number of aliphatic hydroxyl groups is 1. The molecule has 1 saturated heterocycles. The minimum atomic E-state index is -0.899. The summed E-state index contributed by atoms with van der Waals surface area (Å²) >= 11 is 0. The third-order valence-electron chi connectivity index (χ3n) is 5.42. The van der Waals surface area contributed by atoms with Crippen LogP contribution in [0.15, 0.2) is 54.2 Å². The summed E-state index contributed by atoms with van der Waals surface area (Å²) in [4.78, 5) is 33.7. The molecule has 1 amide bonds. The summed E-state index contributed by atoms with van der Waals surface area (Å²) in [6, 6.07) is 10.2. The molecule has 1 N–H and O–H groups in total. The molecule has 1 fully saturated rings. The molecule has 2 aromatic heterocycles. The van der Waals surface area contributed by atoms with E-state index in [1.54, 1.807) is 35.7 Å². The number of halogens is 1. The number of hydrogen-bond donors (Lipinski definition) is 1. The molecule has 7 nitrogen and oxygen atoms in total. The fourth-order valence-electron chi connectivity index (χ4n) is 3.97. The summed E-state index contributed by atoms with van der Waals surface area (Å²) in [6.45, 7) is 2.48. The SMILES string of the molecule is Cc1nc2ccccn2c1/C(O)=C1\C(=O)C(=O)N(CCN(C)C)[C@@H]1c1cccc(F)c1. The molecule has 1 aromatic carbocycles. The number of aliphatic hydroxyl groups excluding tert-OH is 1. The predicted octanol–water partition coefficient (Wildman–Crippen LogP) is 2.77. The van der Waals surface area contributed by atoms with Crippen LogP contribution in [0.4, 0.5) is 4.39 Å². The Bertz CT molecular complexity index is 1210. The van der Waals surface area contributed by atoms with Gasteiger partial charge in [0.15, 0.2) is 5.76 Å². The van der Waals surface area contributed by atoms with Crippen LogP contribution in [-0.2, 0) is 9.59 Å². The zero-order valence-electron chi connectivity index (χ0n) is 17.5. The number of aromatic nitrogens is 2. The third-order valence-corrected chi connectivity index (χ3v) is 5.42. The number of nitrogens with zero attached hydrogens (tertiary/aromatic N) is 4. The van der Waals surface area contributed by atoms with E-state index in [1.165, 1.54) is 23.1 Å². The van der Waals surface area contributed by atoms with Gasteiger partial charge in [-0.1, -0.05) is 18.2 Å². The Morgan fingerprint density at radius 2 is 1.97 bits per heavy atom. The first-order valence-electron chi connectivity index (χ1n) is 9.92. The minimum absolute atomic E-state index is 0.0666. The topological polar surface area (TPSA) is 78.1 Å². The van der Waals surface area contributed by atoms with E-state index in [2.05, 4.69) is 4.98 Å². The lowest BCUT2D eigenvalue weighted by Crippen LogP contribution is -2.35. The molecule has 0 radical (unpaired) electrons. The number of pyridine rings is 1. The number of Topliss-reactive ketones (excluding diaryl/α,β-unsaturated/α-hetero) is 1. The van der Waals surface area contributed by atoms with Crippen LogP contribution in [0.3, 0.4) is 0 Å². The monoisotopic (exact) mass is 422 g/mol. The molecule has 160 valence electrons. The zero-order valence-corrected chi connectivity index (χ0v) is 17.5. The van der Waals surface area contributed by atoms with Crippen molar-refractivity contribution in [1.29, 1.82) is 0 Å². The highest BCUT2D eigenvalue weighted by molar-refractivity contribution is 6.46. The third kappa shape index (κ3) is 3.59. The molecular weight excluding hydrogens is 399 g/mol. The molecular formula is C23H23FN4O3. The first-order chi connectivity index (χ1) is 14.8. The molecule has 3 aromatic rings. The first kappa shape index (κ1) is 20.7. The van der Waals surface area contributed by atoms with Crippen LogP contribution in [0.2, 0.25) is 0 Å².